The van der Waals surface area contributed by atoms with Crippen molar-refractivity contribution in [1.82, 2.24) is 0 Å². The molecule has 0 saturated heterocycles. The van der Waals surface area contributed by atoms with E-state index in [1.165, 1.54) is 5.56 Å². The van der Waals surface area contributed by atoms with Crippen LogP contribution in [0.25, 0.3) is 0 Å². The number of aryl methyl sites for hydroxylation is 1. The van der Waals surface area contributed by atoms with Gasteiger partial charge in [-0.1, -0.05) is 58.0 Å². The second-order valence-corrected chi connectivity index (χ2v) is 8.55. The maximum Gasteiger partial charge on any atom is 0.216 e. The minimum Gasteiger partial charge on any atom is -0.416 e. The van der Waals surface area contributed by atoms with Crippen LogP contribution in [0.15, 0.2) is 30.3 Å². The molecule has 0 fully saturated rings. The van der Waals surface area contributed by atoms with Crippen molar-refractivity contribution < 1.29 is 4.43 Å². The zero-order chi connectivity index (χ0) is 12.7. The van der Waals surface area contributed by atoms with E-state index in [4.69, 9.17) is 4.43 Å². The number of hydrogen-bond donors (Lipinski definition) is 0. The largest absolute Gasteiger partial charge is 0.416 e. The van der Waals surface area contributed by atoms with Gasteiger partial charge in [-0.15, -0.1) is 0 Å². The van der Waals surface area contributed by atoms with Gasteiger partial charge in [0.25, 0.3) is 0 Å². The summed E-state index contributed by atoms with van der Waals surface area (Å²) >= 11 is 0. The zero-order valence-electron chi connectivity index (χ0n) is 11.6. The van der Waals surface area contributed by atoms with E-state index in [1.807, 2.05) is 0 Å². The highest BCUT2D eigenvalue weighted by molar-refractivity contribution is 6.54. The third-order valence-electron chi connectivity index (χ3n) is 2.86. The van der Waals surface area contributed by atoms with Crippen molar-refractivity contribution in [3.63, 3.8) is 0 Å². The quantitative estimate of drug-likeness (QED) is 0.512. The van der Waals surface area contributed by atoms with Crippen LogP contribution in [0.1, 0.15) is 39.7 Å². The summed E-state index contributed by atoms with van der Waals surface area (Å²) in [5.74, 6) is 0. The Kier molecular flexibility index (Phi) is 6.52. The standard InChI is InChI=1S/C15H25OSi/c1-13(2)17(14(3)4)16-12-8-11-15-9-6-5-7-10-15/h5-7,9-10,13-14H,8,11-12H2,1-4H3. The lowest BCUT2D eigenvalue weighted by Gasteiger charge is -2.22. The third kappa shape index (κ3) is 5.51. The molecule has 0 aliphatic carbocycles. The molecule has 0 spiro atoms. The summed E-state index contributed by atoms with van der Waals surface area (Å²) in [6, 6.07) is 10.7. The van der Waals surface area contributed by atoms with E-state index in [0.717, 1.165) is 19.4 Å². The highest BCUT2D eigenvalue weighted by atomic mass is 28.3. The molecule has 0 aliphatic heterocycles. The van der Waals surface area contributed by atoms with Gasteiger partial charge in [0, 0.05) is 6.61 Å². The molecular formula is C15H25OSi. The average Bonchev–Trinajstić information content (AvgIpc) is 2.29. The Morgan fingerprint density at radius 3 is 2.12 bits per heavy atom. The average molecular weight is 249 g/mol. The maximum atomic E-state index is 6.09. The van der Waals surface area contributed by atoms with Crippen LogP contribution in [0.2, 0.25) is 11.1 Å². The smallest absolute Gasteiger partial charge is 0.216 e. The lowest BCUT2D eigenvalue weighted by atomic mass is 10.1. The summed E-state index contributed by atoms with van der Waals surface area (Å²) in [5, 5.41) is 0. The highest BCUT2D eigenvalue weighted by Crippen LogP contribution is 2.21. The zero-order valence-corrected chi connectivity index (χ0v) is 12.6. The molecule has 0 amide bonds. The summed E-state index contributed by atoms with van der Waals surface area (Å²) in [5.41, 5.74) is 2.83. The van der Waals surface area contributed by atoms with Gasteiger partial charge < -0.3 is 4.43 Å². The Balaban J connectivity index is 2.23. The van der Waals surface area contributed by atoms with Gasteiger partial charge in [0.2, 0.25) is 9.04 Å². The fourth-order valence-electron chi connectivity index (χ4n) is 2.11. The predicted octanol–water partition coefficient (Wildman–Crippen LogP) is 4.45. The van der Waals surface area contributed by atoms with Crippen molar-refractivity contribution in [3.05, 3.63) is 35.9 Å². The van der Waals surface area contributed by atoms with Gasteiger partial charge >= 0.3 is 0 Å². The predicted molar refractivity (Wildman–Crippen MR) is 76.7 cm³/mol. The van der Waals surface area contributed by atoms with Crippen molar-refractivity contribution in [2.24, 2.45) is 0 Å². The summed E-state index contributed by atoms with van der Waals surface area (Å²) in [6.07, 6.45) is 2.27. The number of hydrogen-bond acceptors (Lipinski definition) is 1. The SMILES string of the molecule is CC(C)[Si](OCCCc1ccccc1)C(C)C. The van der Waals surface area contributed by atoms with Crippen LogP contribution in [0, 0.1) is 0 Å². The molecule has 0 aliphatic rings. The van der Waals surface area contributed by atoms with Crippen LogP contribution in [-0.4, -0.2) is 15.6 Å². The monoisotopic (exact) mass is 249 g/mol. The molecule has 0 atom stereocenters. The van der Waals surface area contributed by atoms with Crippen molar-refractivity contribution >= 4 is 9.04 Å². The van der Waals surface area contributed by atoms with Gasteiger partial charge in [0.05, 0.1) is 0 Å². The minimum atomic E-state index is -0.633. The lowest BCUT2D eigenvalue weighted by Crippen LogP contribution is -2.26. The first-order chi connectivity index (χ1) is 8.11. The van der Waals surface area contributed by atoms with Crippen LogP contribution < -0.4 is 0 Å². The van der Waals surface area contributed by atoms with Crippen LogP contribution in [0.5, 0.6) is 0 Å². The Labute approximate surface area is 108 Å². The van der Waals surface area contributed by atoms with E-state index >= 15 is 0 Å². The van der Waals surface area contributed by atoms with E-state index < -0.39 is 9.04 Å². The molecule has 17 heavy (non-hydrogen) atoms. The van der Waals surface area contributed by atoms with Gasteiger partial charge in [0.1, 0.15) is 0 Å². The second-order valence-electron chi connectivity index (χ2n) is 5.15. The molecule has 1 nitrogen and oxygen atoms in total. The summed E-state index contributed by atoms with van der Waals surface area (Å²) < 4.78 is 6.09. The summed E-state index contributed by atoms with van der Waals surface area (Å²) in [7, 11) is -0.633. The van der Waals surface area contributed by atoms with E-state index in [1.54, 1.807) is 0 Å². The Bertz CT molecular complexity index is 287. The van der Waals surface area contributed by atoms with E-state index in [0.29, 0.717) is 11.1 Å². The molecule has 0 unspecified atom stereocenters. The number of benzene rings is 1. The molecule has 0 N–H and O–H groups in total. The van der Waals surface area contributed by atoms with Crippen molar-refractivity contribution in [2.75, 3.05) is 6.61 Å². The fraction of sp³-hybridized carbons (Fsp3) is 0.600. The Morgan fingerprint density at radius 2 is 1.59 bits per heavy atom. The Morgan fingerprint density at radius 1 is 1.00 bits per heavy atom. The first kappa shape index (κ1) is 14.5. The van der Waals surface area contributed by atoms with Crippen molar-refractivity contribution in [3.8, 4) is 0 Å². The van der Waals surface area contributed by atoms with Crippen molar-refractivity contribution in [2.45, 2.75) is 51.6 Å². The molecule has 1 aromatic rings. The van der Waals surface area contributed by atoms with E-state index in [-0.39, 0.29) is 0 Å². The maximum absolute atomic E-state index is 6.09. The molecule has 1 rings (SSSR count). The van der Waals surface area contributed by atoms with Gasteiger partial charge in [-0.05, 0) is 29.5 Å². The van der Waals surface area contributed by atoms with Crippen molar-refractivity contribution in [1.29, 1.82) is 0 Å². The molecule has 1 radical (unpaired) electrons. The molecule has 2 heteroatoms. The second kappa shape index (κ2) is 7.67. The fourth-order valence-corrected chi connectivity index (χ4v) is 4.49. The molecule has 95 valence electrons. The number of rotatable bonds is 7. The first-order valence-electron chi connectivity index (χ1n) is 6.64. The van der Waals surface area contributed by atoms with Crippen LogP contribution in [0.4, 0.5) is 0 Å². The molecule has 0 bridgehead atoms. The summed E-state index contributed by atoms with van der Waals surface area (Å²) in [6.45, 7) is 10.0. The molecule has 0 heterocycles. The van der Waals surface area contributed by atoms with Gasteiger partial charge in [-0.25, -0.2) is 0 Å². The van der Waals surface area contributed by atoms with Crippen LogP contribution in [0.3, 0.4) is 0 Å². The molecule has 0 aromatic heterocycles. The van der Waals surface area contributed by atoms with E-state index in [2.05, 4.69) is 58.0 Å². The first-order valence-corrected chi connectivity index (χ1v) is 8.21. The minimum absolute atomic E-state index is 0.633. The van der Waals surface area contributed by atoms with Crippen LogP contribution >= 0.6 is 0 Å². The topological polar surface area (TPSA) is 9.23 Å². The van der Waals surface area contributed by atoms with Gasteiger partial charge in [-0.3, -0.25) is 0 Å². The van der Waals surface area contributed by atoms with Gasteiger partial charge in [0.15, 0.2) is 0 Å². The normalized spacial score (nSPS) is 11.7. The molecule has 0 saturated carbocycles. The molecular weight excluding hydrogens is 224 g/mol. The van der Waals surface area contributed by atoms with E-state index in [9.17, 15) is 0 Å². The Hall–Kier alpha value is -0.603. The van der Waals surface area contributed by atoms with Crippen LogP contribution in [-0.2, 0) is 10.8 Å². The summed E-state index contributed by atoms with van der Waals surface area (Å²) in [4.78, 5) is 0. The molecule has 1 aromatic carbocycles. The lowest BCUT2D eigenvalue weighted by molar-refractivity contribution is 0.301. The third-order valence-corrected chi connectivity index (χ3v) is 5.67. The highest BCUT2D eigenvalue weighted by Gasteiger charge is 2.21. The van der Waals surface area contributed by atoms with Gasteiger partial charge in [-0.2, -0.15) is 0 Å².